The zero-order valence-electron chi connectivity index (χ0n) is 60.6. The molecule has 35 heteroatoms. The van der Waals surface area contributed by atoms with Gasteiger partial charge in [0.2, 0.25) is 0 Å². The van der Waals surface area contributed by atoms with Crippen LogP contribution >= 0.6 is 58.0 Å². The number of carbonyl (C=O) groups excluding carboxylic acids is 4. The minimum absolute atomic E-state index is 0.0455. The number of Topliss-reactive ketones (excluding diaryl/α,β-unsaturated/α-hetero) is 2. The lowest BCUT2D eigenvalue weighted by Crippen LogP contribution is -2.25. The van der Waals surface area contributed by atoms with Gasteiger partial charge in [-0.25, -0.2) is 24.9 Å². The van der Waals surface area contributed by atoms with Crippen LogP contribution in [-0.2, 0) is 37.1 Å². The highest BCUT2D eigenvalue weighted by molar-refractivity contribution is 6.76. The minimum Gasteiger partial charge on any atom is -0.427 e. The second-order valence-electron chi connectivity index (χ2n) is 26.8. The van der Waals surface area contributed by atoms with Gasteiger partial charge in [-0.05, 0) is 106 Å². The largest absolute Gasteiger partial charge is 0.454 e. The zero-order chi connectivity index (χ0) is 77.8. The Kier molecular flexibility index (Phi) is 35.2. The van der Waals surface area contributed by atoms with Crippen molar-refractivity contribution in [2.24, 2.45) is 21.5 Å². The highest BCUT2D eigenvalue weighted by Gasteiger charge is 2.33. The van der Waals surface area contributed by atoms with Gasteiger partial charge in [-0.15, -0.1) is 0 Å². The normalized spacial score (nSPS) is 13.9. The second kappa shape index (κ2) is 42.8. The van der Waals surface area contributed by atoms with E-state index in [0.717, 1.165) is 52.9 Å². The number of aliphatic imine (C=N–C) groups is 2. The average Bonchev–Trinajstić information content (AvgIpc) is 1.70. The van der Waals surface area contributed by atoms with E-state index in [-0.39, 0.29) is 74.1 Å². The van der Waals surface area contributed by atoms with Gasteiger partial charge in [0, 0.05) is 153 Å². The first kappa shape index (κ1) is 87.3. The third-order valence-corrected chi connectivity index (χ3v) is 20.1. The number of fused-ring (bicyclic) bond motifs is 4. The monoisotopic (exact) mass is 1590 g/mol. The smallest absolute Gasteiger partial charge is 0.427 e. The molecule has 5 aliphatic rings. The maximum atomic E-state index is 12.4. The topological polar surface area (TPSA) is 392 Å². The second-order valence-corrected chi connectivity index (χ2v) is 40.0. The summed E-state index contributed by atoms with van der Waals surface area (Å²) in [6.07, 6.45) is 23.0. The summed E-state index contributed by atoms with van der Waals surface area (Å²) < 4.78 is 29.5. The summed E-state index contributed by atoms with van der Waals surface area (Å²) in [7, 11) is -3.23. The lowest BCUT2D eigenvalue weighted by Gasteiger charge is -2.15. The molecule has 0 spiro atoms. The van der Waals surface area contributed by atoms with Crippen LogP contribution in [0.5, 0.6) is 0 Å². The van der Waals surface area contributed by atoms with Crippen molar-refractivity contribution in [1.82, 2.24) is 44.0 Å². The molecule has 13 rings (SSSR count). The van der Waals surface area contributed by atoms with Crippen LogP contribution in [0, 0.1) is 0 Å². The van der Waals surface area contributed by atoms with Crippen LogP contribution in [0.1, 0.15) is 137 Å². The fourth-order valence-electron chi connectivity index (χ4n) is 9.09. The van der Waals surface area contributed by atoms with E-state index < -0.39 is 41.6 Å². The Balaban J connectivity index is 0.000000195. The number of ketones is 2. The summed E-state index contributed by atoms with van der Waals surface area (Å²) in [5.74, 6) is 0.357. The molecule has 3 fully saturated rings. The predicted octanol–water partition coefficient (Wildman–Crippen LogP) is 13.5. The number of hydrogen-bond donors (Lipinski definition) is 5. The van der Waals surface area contributed by atoms with E-state index in [9.17, 15) is 28.8 Å². The SMILES string of the molecule is CCOC(OCC)OCC.C[Si](C)(C)CCOCn1ccc2cc(Cl)ncc2c1=O.C[Si](C)(C)CCOCn1cnc2cc(C3CC3)ncc2c1=O.NC(=O)c1cnc(Cl)cc1Cl.NC(=O)c1cnc(Cl)cc1N.O=C1CC=Nc2cc(C3CC3)ncc21.O=C1CC=Nc2cc(Cl)ncc21.OB(O)C1CC1. The quantitative estimate of drug-likeness (QED) is 0.0193. The molecule has 568 valence electrons. The van der Waals surface area contributed by atoms with Crippen molar-refractivity contribution in [2.45, 2.75) is 161 Å². The van der Waals surface area contributed by atoms with Crippen LogP contribution < -0.4 is 28.3 Å². The molecule has 0 radical (unpaired) electrons. The molecule has 0 unspecified atom stereocenters. The summed E-state index contributed by atoms with van der Waals surface area (Å²) in [6, 6.07) is 14.0. The lowest BCUT2D eigenvalue weighted by molar-refractivity contribution is -0.282. The molecule has 0 aromatic carbocycles. The molecular formula is C71H90BCl5N14O13Si2. The Morgan fingerprint density at radius 1 is 0.566 bits per heavy atom. The Morgan fingerprint density at radius 2 is 1.02 bits per heavy atom. The number of nitrogens with two attached hydrogens (primary N) is 3. The molecule has 8 N–H and O–H groups in total. The Labute approximate surface area is 642 Å². The van der Waals surface area contributed by atoms with Crippen molar-refractivity contribution < 1.29 is 52.9 Å². The predicted molar refractivity (Wildman–Crippen MR) is 421 cm³/mol. The number of nitrogens with zero attached hydrogens (tertiary/aromatic N) is 11. The van der Waals surface area contributed by atoms with Crippen LogP contribution in [0.25, 0.3) is 21.7 Å². The molecule has 3 aliphatic carbocycles. The summed E-state index contributed by atoms with van der Waals surface area (Å²) in [4.78, 5) is 105. The standard InChI is InChI=1S/C16H23N3O2Si.C14H19ClN2O2Si.C11H10N2O.C8H5ClN2O.C7H16O3.C6H4Cl2N2O.C6H6ClN3O.C3H7BO2/c1-22(2,3)7-6-21-11-19-10-18-15-8-14(12-4-5-12)17-9-13(15)16(19)20;1-20(2,3)7-6-19-10-17-5-4-11-8-13(15)16-9-12(11)14(17)18;14-11-3-4-12-10-5-9(7-1-2-7)13-6-8(10)11;9-8-3-6-5(4-11-8)7(12)1-2-10-6;1-4-8-7(9-5-2)10-6-3;7-4-1-5(8)10-2-3(4)6(9)11;7-5-1-4(8)3(2-10-5)6(9)11;5-4(6)3-1-2-3/h8-10,12H,4-7,11H2,1-3H3;4-5,8-9H,6-7,10H2,1-3H3;4-7H,1-3H2;2-4H,1H2;7H,4-6H2,1-3H3;1-2H,(H2,9,11);1-2H,(H2,8,10)(H2,9,11);3,5-6H,1-2H2. The van der Waals surface area contributed by atoms with Gasteiger partial charge in [0.05, 0.1) is 54.9 Å². The van der Waals surface area contributed by atoms with Crippen LogP contribution in [0.2, 0.25) is 82.8 Å². The highest BCUT2D eigenvalue weighted by Crippen LogP contribution is 2.41. The summed E-state index contributed by atoms with van der Waals surface area (Å²) in [5, 5.41) is 19.9. The fraction of sp³-hybridized carbons (Fsp3) is 0.423. The summed E-state index contributed by atoms with van der Waals surface area (Å²) >= 11 is 28.0. The maximum absolute atomic E-state index is 12.4. The number of carbonyl (C=O) groups is 4. The van der Waals surface area contributed by atoms with Gasteiger partial charge in [-0.1, -0.05) is 110 Å². The van der Waals surface area contributed by atoms with E-state index in [1.54, 1.807) is 54.0 Å². The number of halogens is 5. The van der Waals surface area contributed by atoms with E-state index in [2.05, 4.69) is 84.2 Å². The number of aromatic nitrogens is 9. The van der Waals surface area contributed by atoms with Gasteiger partial charge < -0.3 is 50.9 Å². The van der Waals surface area contributed by atoms with Gasteiger partial charge in [0.1, 0.15) is 40.4 Å². The molecule has 2 aliphatic heterocycles. The molecule has 106 heavy (non-hydrogen) atoms. The molecule has 8 aromatic heterocycles. The number of rotatable bonds is 21. The number of amides is 2. The van der Waals surface area contributed by atoms with Gasteiger partial charge in [-0.3, -0.25) is 57.9 Å². The number of ether oxygens (including phenoxy) is 5. The molecule has 27 nitrogen and oxygen atoms in total. The molecule has 0 atom stereocenters. The molecule has 8 aromatic rings. The number of pyridine rings is 7. The van der Waals surface area contributed by atoms with Crippen molar-refractivity contribution in [1.29, 1.82) is 0 Å². The summed E-state index contributed by atoms with van der Waals surface area (Å²) in [5.41, 5.74) is 21.3. The van der Waals surface area contributed by atoms with Gasteiger partial charge in [0.15, 0.2) is 11.6 Å². The van der Waals surface area contributed by atoms with Crippen LogP contribution in [0.15, 0.2) is 112 Å². The highest BCUT2D eigenvalue weighted by atomic mass is 35.5. The Bertz CT molecular complexity index is 4410. The fourth-order valence-corrected chi connectivity index (χ4v) is 11.5. The van der Waals surface area contributed by atoms with E-state index in [0.29, 0.717) is 95.6 Å². The first-order chi connectivity index (χ1) is 50.3. The van der Waals surface area contributed by atoms with Crippen molar-refractivity contribution in [3.63, 3.8) is 0 Å². The van der Waals surface area contributed by atoms with E-state index in [1.165, 1.54) is 67.2 Å². The first-order valence-corrected chi connectivity index (χ1v) is 43.5. The maximum Gasteiger partial charge on any atom is 0.454 e. The van der Waals surface area contributed by atoms with Crippen molar-refractivity contribution >= 4 is 156 Å². The average molecular weight is 1590 g/mol. The van der Waals surface area contributed by atoms with Gasteiger partial charge in [-0.2, -0.15) is 0 Å². The number of hydrogen-bond acceptors (Lipinski definition) is 23. The van der Waals surface area contributed by atoms with Gasteiger partial charge >= 0.3 is 7.12 Å². The molecular weight excluding hydrogens is 1500 g/mol. The first-order valence-electron chi connectivity index (χ1n) is 34.2. The third-order valence-electron chi connectivity index (χ3n) is 15.6. The Morgan fingerprint density at radius 3 is 1.51 bits per heavy atom. The number of nitrogen functional groups attached to an aromatic ring is 1. The van der Waals surface area contributed by atoms with Gasteiger partial charge in [0.25, 0.3) is 29.4 Å². The van der Waals surface area contributed by atoms with Crippen LogP contribution in [-0.4, -0.2) is 153 Å². The Hall–Kier alpha value is -7.66. The zero-order valence-corrected chi connectivity index (χ0v) is 66.4. The number of anilines is 1. The van der Waals surface area contributed by atoms with Crippen molar-refractivity contribution in [3.05, 3.63) is 172 Å². The molecule has 0 bridgehead atoms. The van der Waals surface area contributed by atoms with Crippen LogP contribution in [0.4, 0.5) is 17.1 Å². The van der Waals surface area contributed by atoms with E-state index >= 15 is 0 Å². The van der Waals surface area contributed by atoms with Crippen molar-refractivity contribution in [2.75, 3.05) is 38.8 Å². The van der Waals surface area contributed by atoms with E-state index in [4.69, 9.17) is 109 Å². The minimum atomic E-state index is -1.10. The molecule has 10 heterocycles. The molecule has 2 amide bonds. The third kappa shape index (κ3) is 30.2. The van der Waals surface area contributed by atoms with Crippen LogP contribution in [0.3, 0.4) is 0 Å². The molecule has 0 saturated heterocycles. The van der Waals surface area contributed by atoms with Crippen molar-refractivity contribution in [3.8, 4) is 0 Å². The molecule has 3 saturated carbocycles. The summed E-state index contributed by atoms with van der Waals surface area (Å²) in [6.45, 7) is 22.9. The number of primary amides is 2. The lowest BCUT2D eigenvalue weighted by atomic mass is 9.84. The van der Waals surface area contributed by atoms with E-state index in [1.807, 2.05) is 39.0 Å².